The number of rotatable bonds is 4. The molecule has 0 fully saturated rings. The molecule has 0 bridgehead atoms. The summed E-state index contributed by atoms with van der Waals surface area (Å²) < 4.78 is 1.56. The van der Waals surface area contributed by atoms with Gasteiger partial charge >= 0.3 is 0 Å². The normalized spacial score (nSPS) is 12.2. The molecule has 0 radical (unpaired) electrons. The average Bonchev–Trinajstić information content (AvgIpc) is 2.79. The summed E-state index contributed by atoms with van der Waals surface area (Å²) in [6, 6.07) is 7.07. The van der Waals surface area contributed by atoms with Gasteiger partial charge in [0.1, 0.15) is 5.82 Å². The van der Waals surface area contributed by atoms with Gasteiger partial charge in [-0.1, -0.05) is 11.6 Å². The molecule has 0 aliphatic carbocycles. The van der Waals surface area contributed by atoms with Crippen LogP contribution in [0.4, 0.5) is 0 Å². The summed E-state index contributed by atoms with van der Waals surface area (Å²) >= 11 is 5.83. The number of nitrogens with zero attached hydrogens (tertiary/aromatic N) is 3. The van der Waals surface area contributed by atoms with Crippen molar-refractivity contribution >= 4 is 17.5 Å². The first-order chi connectivity index (χ1) is 9.47. The summed E-state index contributed by atoms with van der Waals surface area (Å²) in [5.74, 6) is 0.245. The average molecular weight is 295 g/mol. The Hall–Kier alpha value is -1.92. The second kappa shape index (κ2) is 6.02. The molecule has 0 saturated carbocycles. The highest BCUT2D eigenvalue weighted by atomic mass is 35.5. The van der Waals surface area contributed by atoms with E-state index in [1.165, 1.54) is 0 Å². The fourth-order valence-electron chi connectivity index (χ4n) is 1.63. The van der Waals surface area contributed by atoms with E-state index in [9.17, 15) is 4.79 Å². The monoisotopic (exact) mass is 294 g/mol. The van der Waals surface area contributed by atoms with Crippen LogP contribution in [0.2, 0.25) is 5.02 Å². The van der Waals surface area contributed by atoms with E-state index in [1.807, 2.05) is 0 Å². The first-order valence-electron chi connectivity index (χ1n) is 6.13. The molecule has 0 saturated heterocycles. The number of benzene rings is 1. The zero-order valence-corrected chi connectivity index (χ0v) is 11.9. The Labute approximate surface area is 121 Å². The molecule has 106 valence electrons. The summed E-state index contributed by atoms with van der Waals surface area (Å²) in [7, 11) is 0. The highest BCUT2D eigenvalue weighted by Gasteiger charge is 2.15. The van der Waals surface area contributed by atoms with E-state index in [1.54, 1.807) is 42.8 Å². The van der Waals surface area contributed by atoms with Crippen molar-refractivity contribution in [3.63, 3.8) is 0 Å². The lowest BCUT2D eigenvalue weighted by Crippen LogP contribution is -2.31. The Morgan fingerprint density at radius 2 is 2.10 bits per heavy atom. The molecule has 1 unspecified atom stereocenters. The number of aliphatic hydroxyl groups excluding tert-OH is 1. The summed E-state index contributed by atoms with van der Waals surface area (Å²) in [5, 5.41) is 16.5. The predicted molar refractivity (Wildman–Crippen MR) is 75.1 cm³/mol. The lowest BCUT2D eigenvalue weighted by Gasteiger charge is -2.04. The summed E-state index contributed by atoms with van der Waals surface area (Å²) in [6.45, 7) is 3.51. The Morgan fingerprint density at radius 3 is 2.70 bits per heavy atom. The Balaban J connectivity index is 2.21. The Kier molecular flexibility index (Phi) is 4.36. The standard InChI is InChI=1S/C13H15ClN4O2/c1-8(19)7-15-13(20)12-16-9(2)18(17-12)11-5-3-10(14)4-6-11/h3-6,8,19H,7H2,1-2H3,(H,15,20). The fourth-order valence-corrected chi connectivity index (χ4v) is 1.76. The number of halogens is 1. The second-order valence-electron chi connectivity index (χ2n) is 4.43. The number of carbonyl (C=O) groups is 1. The SMILES string of the molecule is Cc1nc(C(=O)NCC(C)O)nn1-c1ccc(Cl)cc1. The van der Waals surface area contributed by atoms with Crippen LogP contribution < -0.4 is 5.32 Å². The van der Waals surface area contributed by atoms with E-state index in [0.29, 0.717) is 10.8 Å². The third kappa shape index (κ3) is 3.34. The third-order valence-corrected chi connectivity index (χ3v) is 2.85. The molecule has 2 rings (SSSR count). The van der Waals surface area contributed by atoms with Gasteiger partial charge in [0.15, 0.2) is 0 Å². The molecular weight excluding hydrogens is 280 g/mol. The first-order valence-corrected chi connectivity index (χ1v) is 6.51. The molecule has 6 nitrogen and oxygen atoms in total. The van der Waals surface area contributed by atoms with Gasteiger partial charge in [0.25, 0.3) is 5.91 Å². The molecule has 1 aromatic carbocycles. The van der Waals surface area contributed by atoms with Crippen molar-refractivity contribution in [1.82, 2.24) is 20.1 Å². The fraction of sp³-hybridized carbons (Fsp3) is 0.308. The van der Waals surface area contributed by atoms with Crippen LogP contribution in [0.25, 0.3) is 5.69 Å². The van der Waals surface area contributed by atoms with Gasteiger partial charge in [-0.3, -0.25) is 4.79 Å². The predicted octanol–water partition coefficient (Wildman–Crippen LogP) is 1.34. The summed E-state index contributed by atoms with van der Waals surface area (Å²) in [4.78, 5) is 15.9. The van der Waals surface area contributed by atoms with Crippen LogP contribution in [0.3, 0.4) is 0 Å². The van der Waals surface area contributed by atoms with Crippen molar-refractivity contribution in [2.75, 3.05) is 6.54 Å². The number of nitrogens with one attached hydrogen (secondary N) is 1. The lowest BCUT2D eigenvalue weighted by atomic mass is 10.3. The van der Waals surface area contributed by atoms with Crippen LogP contribution >= 0.6 is 11.6 Å². The minimum Gasteiger partial charge on any atom is -0.392 e. The molecule has 0 aliphatic rings. The van der Waals surface area contributed by atoms with Crippen molar-refractivity contribution in [3.8, 4) is 5.69 Å². The van der Waals surface area contributed by atoms with Gasteiger partial charge < -0.3 is 10.4 Å². The zero-order chi connectivity index (χ0) is 14.7. The molecule has 2 aromatic rings. The van der Waals surface area contributed by atoms with Gasteiger partial charge in [0.2, 0.25) is 5.82 Å². The van der Waals surface area contributed by atoms with Crippen LogP contribution in [0, 0.1) is 6.92 Å². The maximum Gasteiger partial charge on any atom is 0.291 e. The Morgan fingerprint density at radius 1 is 1.45 bits per heavy atom. The smallest absolute Gasteiger partial charge is 0.291 e. The zero-order valence-electron chi connectivity index (χ0n) is 11.2. The van der Waals surface area contributed by atoms with E-state index in [0.717, 1.165) is 5.69 Å². The maximum atomic E-state index is 11.8. The molecule has 7 heteroatoms. The minimum atomic E-state index is -0.613. The van der Waals surface area contributed by atoms with E-state index < -0.39 is 12.0 Å². The number of aromatic nitrogens is 3. The molecular formula is C13H15ClN4O2. The quantitative estimate of drug-likeness (QED) is 0.892. The van der Waals surface area contributed by atoms with Gasteiger partial charge in [0, 0.05) is 11.6 Å². The summed E-state index contributed by atoms with van der Waals surface area (Å²) in [6.07, 6.45) is -0.613. The van der Waals surface area contributed by atoms with E-state index in [-0.39, 0.29) is 12.4 Å². The number of hydrogen-bond acceptors (Lipinski definition) is 4. The maximum absolute atomic E-state index is 11.8. The molecule has 1 atom stereocenters. The molecule has 20 heavy (non-hydrogen) atoms. The number of amides is 1. The lowest BCUT2D eigenvalue weighted by molar-refractivity contribution is 0.0913. The van der Waals surface area contributed by atoms with Crippen LogP contribution in [0.5, 0.6) is 0 Å². The largest absolute Gasteiger partial charge is 0.392 e. The van der Waals surface area contributed by atoms with Crippen molar-refractivity contribution < 1.29 is 9.90 Å². The molecule has 1 amide bonds. The molecule has 0 aliphatic heterocycles. The van der Waals surface area contributed by atoms with Crippen molar-refractivity contribution in [2.45, 2.75) is 20.0 Å². The second-order valence-corrected chi connectivity index (χ2v) is 4.87. The van der Waals surface area contributed by atoms with Crippen LogP contribution in [0.1, 0.15) is 23.4 Å². The van der Waals surface area contributed by atoms with Gasteiger partial charge in [-0.05, 0) is 38.1 Å². The van der Waals surface area contributed by atoms with Crippen LogP contribution in [-0.2, 0) is 0 Å². The third-order valence-electron chi connectivity index (χ3n) is 2.60. The van der Waals surface area contributed by atoms with Crippen molar-refractivity contribution in [1.29, 1.82) is 0 Å². The molecule has 1 aromatic heterocycles. The van der Waals surface area contributed by atoms with E-state index in [2.05, 4.69) is 15.4 Å². The van der Waals surface area contributed by atoms with Crippen molar-refractivity contribution in [3.05, 3.63) is 40.9 Å². The Bertz CT molecular complexity index is 607. The number of aryl methyl sites for hydroxylation is 1. The highest BCUT2D eigenvalue weighted by molar-refractivity contribution is 6.30. The topological polar surface area (TPSA) is 80.0 Å². The van der Waals surface area contributed by atoms with Gasteiger partial charge in [-0.25, -0.2) is 9.67 Å². The van der Waals surface area contributed by atoms with Gasteiger partial charge in [-0.2, -0.15) is 0 Å². The summed E-state index contributed by atoms with van der Waals surface area (Å²) in [5.41, 5.74) is 0.772. The minimum absolute atomic E-state index is 0.0677. The number of carbonyl (C=O) groups excluding carboxylic acids is 1. The highest BCUT2D eigenvalue weighted by Crippen LogP contribution is 2.14. The van der Waals surface area contributed by atoms with E-state index in [4.69, 9.17) is 16.7 Å². The van der Waals surface area contributed by atoms with Crippen LogP contribution in [0.15, 0.2) is 24.3 Å². The van der Waals surface area contributed by atoms with Gasteiger partial charge in [-0.15, -0.1) is 5.10 Å². The molecule has 1 heterocycles. The van der Waals surface area contributed by atoms with Crippen molar-refractivity contribution in [2.24, 2.45) is 0 Å². The van der Waals surface area contributed by atoms with E-state index >= 15 is 0 Å². The van der Waals surface area contributed by atoms with Gasteiger partial charge in [0.05, 0.1) is 11.8 Å². The first kappa shape index (κ1) is 14.5. The van der Waals surface area contributed by atoms with Crippen LogP contribution in [-0.4, -0.2) is 38.4 Å². The number of hydrogen-bond donors (Lipinski definition) is 2. The number of aliphatic hydroxyl groups is 1. The molecule has 2 N–H and O–H groups in total. The molecule has 0 spiro atoms.